The molecule has 1 fully saturated rings. The average Bonchev–Trinajstić information content (AvgIpc) is 3.02. The molecule has 0 aliphatic carbocycles. The Morgan fingerprint density at radius 1 is 0.651 bits per heavy atom. The van der Waals surface area contributed by atoms with Gasteiger partial charge in [-0.05, 0) is 35.7 Å². The Bertz CT molecular complexity index is 1500. The average molecular weight is 605 g/mol. The molecule has 0 amide bonds. The van der Waals surface area contributed by atoms with Crippen molar-refractivity contribution in [3.8, 4) is 0 Å². The van der Waals surface area contributed by atoms with Crippen molar-refractivity contribution >= 4 is 10.1 Å². The van der Waals surface area contributed by atoms with Crippen LogP contribution in [-0.4, -0.2) is 50.8 Å². The maximum atomic E-state index is 13.4. The van der Waals surface area contributed by atoms with E-state index in [9.17, 15) is 13.5 Å². The van der Waals surface area contributed by atoms with Crippen LogP contribution in [0.5, 0.6) is 0 Å². The fraction of sp³-hybridized carbons (Fsp3) is 0.294. The van der Waals surface area contributed by atoms with Crippen LogP contribution in [0.4, 0.5) is 0 Å². The summed E-state index contributed by atoms with van der Waals surface area (Å²) in [6.45, 7) is 2.57. The van der Waals surface area contributed by atoms with E-state index in [2.05, 4.69) is 0 Å². The van der Waals surface area contributed by atoms with Crippen molar-refractivity contribution in [2.45, 2.75) is 62.3 Å². The molecule has 1 heterocycles. The molecule has 0 bridgehead atoms. The van der Waals surface area contributed by atoms with Gasteiger partial charge in [0.1, 0.15) is 18.3 Å². The van der Waals surface area contributed by atoms with E-state index < -0.39 is 40.8 Å². The summed E-state index contributed by atoms with van der Waals surface area (Å²) in [5, 5.41) is 11.2. The normalized spacial score (nSPS) is 22.3. The third kappa shape index (κ3) is 8.58. The number of hydrogen-bond acceptors (Lipinski definition) is 8. The molecule has 1 saturated heterocycles. The number of ether oxygens (including phenoxy) is 4. The molecular weight excluding hydrogens is 568 g/mol. The first-order chi connectivity index (χ1) is 20.9. The van der Waals surface area contributed by atoms with Gasteiger partial charge in [-0.2, -0.15) is 8.42 Å². The van der Waals surface area contributed by atoms with Crippen LogP contribution < -0.4 is 0 Å². The van der Waals surface area contributed by atoms with E-state index in [1.54, 1.807) is 12.1 Å². The fourth-order valence-electron chi connectivity index (χ4n) is 4.83. The summed E-state index contributed by atoms with van der Waals surface area (Å²) in [4.78, 5) is -0.0396. The summed E-state index contributed by atoms with van der Waals surface area (Å²) >= 11 is 0. The zero-order valence-corrected chi connectivity index (χ0v) is 24.7. The van der Waals surface area contributed by atoms with Crippen LogP contribution in [-0.2, 0) is 53.1 Å². The van der Waals surface area contributed by atoms with E-state index in [1.165, 1.54) is 12.1 Å². The second-order valence-electron chi connectivity index (χ2n) is 10.4. The van der Waals surface area contributed by atoms with Gasteiger partial charge in [0.2, 0.25) is 0 Å². The summed E-state index contributed by atoms with van der Waals surface area (Å²) in [5.41, 5.74) is 3.64. The van der Waals surface area contributed by atoms with E-state index in [4.69, 9.17) is 23.1 Å². The lowest BCUT2D eigenvalue weighted by Crippen LogP contribution is -2.61. The van der Waals surface area contributed by atoms with E-state index in [-0.39, 0.29) is 24.7 Å². The third-order valence-corrected chi connectivity index (χ3v) is 8.45. The molecule has 226 valence electrons. The quantitative estimate of drug-likeness (QED) is 0.209. The second-order valence-corrected chi connectivity index (χ2v) is 12.0. The highest BCUT2D eigenvalue weighted by Crippen LogP contribution is 2.31. The van der Waals surface area contributed by atoms with E-state index >= 15 is 0 Å². The SMILES string of the molecule is Cc1ccc(S(=O)(=O)O[C@@H]2[C@@H](OCc3ccccc3)[C@H](OCc3ccccc3)[C@@H](COCc3ccccc3)O[C@@H]2O)cc1. The Morgan fingerprint density at radius 3 is 1.67 bits per heavy atom. The van der Waals surface area contributed by atoms with Gasteiger partial charge in [-0.25, -0.2) is 0 Å². The number of rotatable bonds is 13. The van der Waals surface area contributed by atoms with E-state index in [1.807, 2.05) is 97.9 Å². The van der Waals surface area contributed by atoms with Crippen molar-refractivity contribution in [3.05, 3.63) is 138 Å². The standard InChI is InChI=1S/C34H36O8S/c1-25-17-19-29(20-18-25)43(36,37)42-33-32(40-23-28-15-9-4-10-16-28)31(39-22-27-13-7-3-8-14-27)30(41-34(33)35)24-38-21-26-11-5-2-6-12-26/h2-20,30-35H,21-24H2,1H3/t30-,31-,32+,33-,34+/m1/s1. The lowest BCUT2D eigenvalue weighted by atomic mass is 9.98. The van der Waals surface area contributed by atoms with Crippen molar-refractivity contribution in [3.63, 3.8) is 0 Å². The molecule has 0 radical (unpaired) electrons. The molecule has 0 aromatic heterocycles. The molecule has 4 aromatic rings. The first-order valence-corrected chi connectivity index (χ1v) is 15.6. The lowest BCUT2D eigenvalue weighted by molar-refractivity contribution is -0.301. The molecule has 0 spiro atoms. The van der Waals surface area contributed by atoms with Gasteiger partial charge in [0, 0.05) is 0 Å². The maximum absolute atomic E-state index is 13.4. The predicted molar refractivity (Wildman–Crippen MR) is 160 cm³/mol. The van der Waals surface area contributed by atoms with Gasteiger partial charge in [0.05, 0.1) is 31.3 Å². The van der Waals surface area contributed by atoms with Gasteiger partial charge < -0.3 is 24.1 Å². The minimum absolute atomic E-state index is 0.0396. The van der Waals surface area contributed by atoms with E-state index in [0.717, 1.165) is 22.3 Å². The van der Waals surface area contributed by atoms with Crippen molar-refractivity contribution in [1.29, 1.82) is 0 Å². The molecule has 5 rings (SSSR count). The highest BCUT2D eigenvalue weighted by molar-refractivity contribution is 7.86. The van der Waals surface area contributed by atoms with Gasteiger partial charge in [-0.15, -0.1) is 0 Å². The molecule has 0 unspecified atom stereocenters. The van der Waals surface area contributed by atoms with Crippen LogP contribution in [0.1, 0.15) is 22.3 Å². The predicted octanol–water partition coefficient (Wildman–Crippen LogP) is 5.17. The summed E-state index contributed by atoms with van der Waals surface area (Å²) in [6.07, 6.45) is -5.71. The Kier molecular flexibility index (Phi) is 10.7. The van der Waals surface area contributed by atoms with Gasteiger partial charge in [-0.3, -0.25) is 4.18 Å². The first kappa shape index (κ1) is 31.0. The summed E-state index contributed by atoms with van der Waals surface area (Å²) in [7, 11) is -4.29. The molecule has 1 N–H and O–H groups in total. The molecule has 5 atom stereocenters. The minimum Gasteiger partial charge on any atom is -0.374 e. The summed E-state index contributed by atoms with van der Waals surface area (Å²) < 4.78 is 57.1. The first-order valence-electron chi connectivity index (χ1n) is 14.2. The van der Waals surface area contributed by atoms with Gasteiger partial charge in [-0.1, -0.05) is 109 Å². The minimum atomic E-state index is -4.29. The largest absolute Gasteiger partial charge is 0.374 e. The number of aryl methyl sites for hydroxylation is 1. The van der Waals surface area contributed by atoms with Crippen molar-refractivity contribution in [2.24, 2.45) is 0 Å². The molecule has 9 heteroatoms. The maximum Gasteiger partial charge on any atom is 0.297 e. The van der Waals surface area contributed by atoms with Crippen LogP contribution in [0.15, 0.2) is 120 Å². The van der Waals surface area contributed by atoms with Crippen LogP contribution in [0, 0.1) is 6.92 Å². The summed E-state index contributed by atoms with van der Waals surface area (Å²) in [5.74, 6) is 0. The van der Waals surface area contributed by atoms with Crippen molar-refractivity contribution in [1.82, 2.24) is 0 Å². The van der Waals surface area contributed by atoms with Gasteiger partial charge in [0.25, 0.3) is 10.1 Å². The number of aliphatic hydroxyl groups excluding tert-OH is 1. The van der Waals surface area contributed by atoms with Crippen molar-refractivity contribution < 1.29 is 36.7 Å². The Morgan fingerprint density at radius 2 is 1.14 bits per heavy atom. The molecule has 8 nitrogen and oxygen atoms in total. The van der Waals surface area contributed by atoms with Gasteiger partial charge in [0.15, 0.2) is 12.4 Å². The molecule has 1 aliphatic heterocycles. The molecule has 1 aliphatic rings. The monoisotopic (exact) mass is 604 g/mol. The molecule has 0 saturated carbocycles. The van der Waals surface area contributed by atoms with Crippen LogP contribution in [0.3, 0.4) is 0 Å². The van der Waals surface area contributed by atoms with Crippen LogP contribution in [0.2, 0.25) is 0 Å². The molecule has 4 aromatic carbocycles. The zero-order chi connectivity index (χ0) is 30.1. The Labute approximate surface area is 252 Å². The molecule has 43 heavy (non-hydrogen) atoms. The third-order valence-electron chi connectivity index (χ3n) is 7.12. The van der Waals surface area contributed by atoms with Crippen LogP contribution in [0.25, 0.3) is 0 Å². The van der Waals surface area contributed by atoms with Gasteiger partial charge >= 0.3 is 0 Å². The van der Waals surface area contributed by atoms with E-state index in [0.29, 0.717) is 6.61 Å². The summed E-state index contributed by atoms with van der Waals surface area (Å²) in [6, 6.07) is 35.0. The Hall–Kier alpha value is -3.41. The highest BCUT2D eigenvalue weighted by Gasteiger charge is 2.50. The lowest BCUT2D eigenvalue weighted by Gasteiger charge is -2.44. The second kappa shape index (κ2) is 14.9. The van der Waals surface area contributed by atoms with Crippen molar-refractivity contribution in [2.75, 3.05) is 6.61 Å². The number of aliphatic hydroxyl groups is 1. The smallest absolute Gasteiger partial charge is 0.297 e. The fourth-order valence-corrected chi connectivity index (χ4v) is 5.91. The topological polar surface area (TPSA) is 101 Å². The number of benzene rings is 4. The highest BCUT2D eigenvalue weighted by atomic mass is 32.2. The molecular formula is C34H36O8S. The Balaban J connectivity index is 1.42. The number of hydrogen-bond donors (Lipinski definition) is 1. The van der Waals surface area contributed by atoms with Crippen LogP contribution >= 0.6 is 0 Å². The zero-order valence-electron chi connectivity index (χ0n) is 23.9.